The Balaban J connectivity index is 1.40. The molecule has 0 amide bonds. The minimum absolute atomic E-state index is 0.756. The molecule has 0 N–H and O–H groups in total. The highest BCUT2D eigenvalue weighted by molar-refractivity contribution is 5.46. The molecule has 4 nitrogen and oxygen atoms in total. The fraction of sp³-hybridized carbons (Fsp3) is 0.565. The summed E-state index contributed by atoms with van der Waals surface area (Å²) in [5, 5.41) is 0. The minimum Gasteiger partial charge on any atom is -0.356 e. The van der Waals surface area contributed by atoms with Gasteiger partial charge in [0.2, 0.25) is 5.95 Å². The molecule has 27 heavy (non-hydrogen) atoms. The zero-order valence-corrected chi connectivity index (χ0v) is 16.8. The van der Waals surface area contributed by atoms with Crippen LogP contribution in [0, 0.1) is 18.8 Å². The third kappa shape index (κ3) is 4.60. The molecule has 2 aliphatic rings. The van der Waals surface area contributed by atoms with Crippen molar-refractivity contribution in [3.05, 3.63) is 47.7 Å². The third-order valence-electron chi connectivity index (χ3n) is 6.07. The average molecular weight is 365 g/mol. The van der Waals surface area contributed by atoms with Crippen LogP contribution in [0.5, 0.6) is 0 Å². The third-order valence-corrected chi connectivity index (χ3v) is 6.07. The van der Waals surface area contributed by atoms with Gasteiger partial charge in [0.25, 0.3) is 0 Å². The summed E-state index contributed by atoms with van der Waals surface area (Å²) in [6.07, 6.45) is 6.25. The van der Waals surface area contributed by atoms with Crippen LogP contribution in [0.15, 0.2) is 36.4 Å². The van der Waals surface area contributed by atoms with Crippen LogP contribution in [0.4, 0.5) is 11.8 Å². The van der Waals surface area contributed by atoms with Gasteiger partial charge < -0.3 is 9.80 Å². The topological polar surface area (TPSA) is 32.3 Å². The summed E-state index contributed by atoms with van der Waals surface area (Å²) >= 11 is 0. The first kappa shape index (κ1) is 18.3. The SMILES string of the molecule is Cc1cc(N2CCCC(C)C2)nc(N2CCC(Cc3ccccc3)CC2)n1. The highest BCUT2D eigenvalue weighted by Crippen LogP contribution is 2.27. The molecule has 0 saturated carbocycles. The molecule has 1 aromatic heterocycles. The number of benzene rings is 1. The molecule has 1 unspecified atom stereocenters. The van der Waals surface area contributed by atoms with E-state index in [0.717, 1.165) is 55.5 Å². The normalized spacial score (nSPS) is 21.5. The van der Waals surface area contributed by atoms with Crippen molar-refractivity contribution in [3.63, 3.8) is 0 Å². The fourth-order valence-electron chi connectivity index (χ4n) is 4.52. The molecule has 0 spiro atoms. The first-order valence-corrected chi connectivity index (χ1v) is 10.6. The number of aromatic nitrogens is 2. The summed E-state index contributed by atoms with van der Waals surface area (Å²) in [5.74, 6) is 3.58. The van der Waals surface area contributed by atoms with E-state index in [4.69, 9.17) is 9.97 Å². The summed E-state index contributed by atoms with van der Waals surface area (Å²) in [7, 11) is 0. The van der Waals surface area contributed by atoms with Crippen LogP contribution in [0.1, 0.15) is 43.9 Å². The lowest BCUT2D eigenvalue weighted by atomic mass is 9.90. The zero-order valence-electron chi connectivity index (χ0n) is 16.8. The van der Waals surface area contributed by atoms with E-state index in [-0.39, 0.29) is 0 Å². The number of aryl methyl sites for hydroxylation is 1. The second-order valence-electron chi connectivity index (χ2n) is 8.48. The van der Waals surface area contributed by atoms with Crippen LogP contribution in [0.3, 0.4) is 0 Å². The Morgan fingerprint density at radius 1 is 0.963 bits per heavy atom. The number of piperidine rings is 2. The highest BCUT2D eigenvalue weighted by Gasteiger charge is 2.23. The van der Waals surface area contributed by atoms with Gasteiger partial charge in [-0.3, -0.25) is 0 Å². The Kier molecular flexibility index (Phi) is 5.61. The van der Waals surface area contributed by atoms with Gasteiger partial charge in [0, 0.05) is 37.9 Å². The predicted octanol–water partition coefficient (Wildman–Crippen LogP) is 4.48. The van der Waals surface area contributed by atoms with Crippen molar-refractivity contribution in [1.82, 2.24) is 9.97 Å². The van der Waals surface area contributed by atoms with Gasteiger partial charge in [-0.2, -0.15) is 4.98 Å². The summed E-state index contributed by atoms with van der Waals surface area (Å²) in [6, 6.07) is 13.1. The molecule has 2 aromatic rings. The summed E-state index contributed by atoms with van der Waals surface area (Å²) < 4.78 is 0. The van der Waals surface area contributed by atoms with Crippen LogP contribution in [-0.4, -0.2) is 36.1 Å². The van der Waals surface area contributed by atoms with E-state index in [2.05, 4.69) is 60.0 Å². The largest absolute Gasteiger partial charge is 0.356 e. The first-order valence-electron chi connectivity index (χ1n) is 10.6. The van der Waals surface area contributed by atoms with Crippen LogP contribution in [0.25, 0.3) is 0 Å². The molecule has 4 heteroatoms. The van der Waals surface area contributed by atoms with Crippen molar-refractivity contribution in [1.29, 1.82) is 0 Å². The lowest BCUT2D eigenvalue weighted by Crippen LogP contribution is -2.37. The molecule has 2 saturated heterocycles. The Bertz CT molecular complexity index is 737. The lowest BCUT2D eigenvalue weighted by molar-refractivity contribution is 0.400. The number of hydrogen-bond donors (Lipinski definition) is 0. The number of anilines is 2. The van der Waals surface area contributed by atoms with Crippen LogP contribution in [0.2, 0.25) is 0 Å². The molecule has 2 aliphatic heterocycles. The fourth-order valence-corrected chi connectivity index (χ4v) is 4.52. The molecule has 3 heterocycles. The van der Waals surface area contributed by atoms with E-state index in [1.165, 1.54) is 37.7 Å². The van der Waals surface area contributed by atoms with Gasteiger partial charge in [0.05, 0.1) is 0 Å². The van der Waals surface area contributed by atoms with Gasteiger partial charge in [0.1, 0.15) is 5.82 Å². The summed E-state index contributed by atoms with van der Waals surface area (Å²) in [6.45, 7) is 8.82. The lowest BCUT2D eigenvalue weighted by Gasteiger charge is -2.34. The van der Waals surface area contributed by atoms with Gasteiger partial charge in [-0.1, -0.05) is 37.3 Å². The number of nitrogens with zero attached hydrogens (tertiary/aromatic N) is 4. The summed E-state index contributed by atoms with van der Waals surface area (Å²) in [4.78, 5) is 14.6. The number of rotatable bonds is 4. The molecular formula is C23H32N4. The van der Waals surface area contributed by atoms with Crippen LogP contribution < -0.4 is 9.80 Å². The van der Waals surface area contributed by atoms with E-state index in [1.807, 2.05) is 0 Å². The van der Waals surface area contributed by atoms with Crippen LogP contribution in [-0.2, 0) is 6.42 Å². The predicted molar refractivity (Wildman–Crippen MR) is 112 cm³/mol. The van der Waals surface area contributed by atoms with Gasteiger partial charge in [-0.05, 0) is 56.4 Å². The standard InChI is InChI=1S/C23H32N4/c1-18-7-6-12-27(17-18)22-15-19(2)24-23(25-22)26-13-10-21(11-14-26)16-20-8-4-3-5-9-20/h3-5,8-9,15,18,21H,6-7,10-14,16-17H2,1-2H3. The minimum atomic E-state index is 0.756. The summed E-state index contributed by atoms with van der Waals surface area (Å²) in [5.41, 5.74) is 2.55. The van der Waals surface area contributed by atoms with E-state index >= 15 is 0 Å². The first-order chi connectivity index (χ1) is 13.2. The van der Waals surface area contributed by atoms with Crippen molar-refractivity contribution in [2.24, 2.45) is 11.8 Å². The van der Waals surface area contributed by atoms with Gasteiger partial charge in [-0.15, -0.1) is 0 Å². The van der Waals surface area contributed by atoms with Gasteiger partial charge in [0.15, 0.2) is 0 Å². The van der Waals surface area contributed by atoms with E-state index in [9.17, 15) is 0 Å². The van der Waals surface area contributed by atoms with Crippen molar-refractivity contribution in [2.45, 2.75) is 46.0 Å². The molecular weight excluding hydrogens is 332 g/mol. The molecule has 0 radical (unpaired) electrons. The van der Waals surface area contributed by atoms with E-state index in [1.54, 1.807) is 0 Å². The van der Waals surface area contributed by atoms with Gasteiger partial charge >= 0.3 is 0 Å². The quantitative estimate of drug-likeness (QED) is 0.801. The maximum Gasteiger partial charge on any atom is 0.227 e. The number of hydrogen-bond acceptors (Lipinski definition) is 4. The maximum atomic E-state index is 4.97. The molecule has 144 valence electrons. The molecule has 1 atom stereocenters. The monoisotopic (exact) mass is 364 g/mol. The average Bonchev–Trinajstić information content (AvgIpc) is 2.69. The van der Waals surface area contributed by atoms with Crippen molar-refractivity contribution in [2.75, 3.05) is 36.0 Å². The molecule has 2 fully saturated rings. The van der Waals surface area contributed by atoms with E-state index in [0.29, 0.717) is 0 Å². The Morgan fingerprint density at radius 3 is 2.48 bits per heavy atom. The Labute approximate surface area is 163 Å². The van der Waals surface area contributed by atoms with Crippen LogP contribution >= 0.6 is 0 Å². The maximum absolute atomic E-state index is 4.97. The van der Waals surface area contributed by atoms with Crippen molar-refractivity contribution in [3.8, 4) is 0 Å². The molecule has 0 bridgehead atoms. The Hall–Kier alpha value is -2.10. The molecule has 1 aromatic carbocycles. The van der Waals surface area contributed by atoms with Crippen molar-refractivity contribution < 1.29 is 0 Å². The zero-order chi connectivity index (χ0) is 18.6. The second kappa shape index (κ2) is 8.28. The Morgan fingerprint density at radius 2 is 1.74 bits per heavy atom. The van der Waals surface area contributed by atoms with E-state index < -0.39 is 0 Å². The van der Waals surface area contributed by atoms with Crippen molar-refractivity contribution >= 4 is 11.8 Å². The smallest absolute Gasteiger partial charge is 0.227 e. The molecule has 0 aliphatic carbocycles. The molecule has 4 rings (SSSR count). The second-order valence-corrected chi connectivity index (χ2v) is 8.48. The highest BCUT2D eigenvalue weighted by atomic mass is 15.3. The van der Waals surface area contributed by atoms with Gasteiger partial charge in [-0.25, -0.2) is 4.98 Å².